The summed E-state index contributed by atoms with van der Waals surface area (Å²) in [4.78, 5) is 25.1. The van der Waals surface area contributed by atoms with Crippen molar-refractivity contribution in [2.24, 2.45) is 0 Å². The van der Waals surface area contributed by atoms with Crippen LogP contribution < -0.4 is 0 Å². The van der Waals surface area contributed by atoms with E-state index in [2.05, 4.69) is 5.10 Å². The minimum atomic E-state index is -4.90. The largest absolute Gasteiger partial charge is 0.478 e. The van der Waals surface area contributed by atoms with Crippen LogP contribution in [-0.2, 0) is 10.9 Å². The van der Waals surface area contributed by atoms with Crippen LogP contribution in [0.1, 0.15) is 32.8 Å². The van der Waals surface area contributed by atoms with Gasteiger partial charge in [0.05, 0.1) is 18.0 Å². The topological polar surface area (TPSA) is 84.7 Å². The van der Waals surface area contributed by atoms with E-state index in [-0.39, 0.29) is 17.7 Å². The molecule has 1 saturated heterocycles. The third-order valence-electron chi connectivity index (χ3n) is 4.39. The van der Waals surface area contributed by atoms with Crippen molar-refractivity contribution in [2.75, 3.05) is 20.2 Å². The second-order valence-corrected chi connectivity index (χ2v) is 6.07. The van der Waals surface area contributed by atoms with Crippen LogP contribution in [0.25, 0.3) is 5.69 Å². The summed E-state index contributed by atoms with van der Waals surface area (Å²) in [7, 11) is 1.57. The zero-order valence-corrected chi connectivity index (χ0v) is 14.2. The van der Waals surface area contributed by atoms with E-state index >= 15 is 0 Å². The van der Waals surface area contributed by atoms with Gasteiger partial charge < -0.3 is 14.7 Å². The van der Waals surface area contributed by atoms with Crippen LogP contribution in [0.5, 0.6) is 0 Å². The number of amides is 1. The maximum atomic E-state index is 13.3. The number of hydrogen-bond donors (Lipinski definition) is 1. The van der Waals surface area contributed by atoms with Gasteiger partial charge in [-0.25, -0.2) is 9.48 Å². The van der Waals surface area contributed by atoms with Crippen LogP contribution in [-0.4, -0.2) is 58.0 Å². The number of methoxy groups -OCH3 is 1. The SMILES string of the molecule is CO[C@H]1CCN(C(=O)c2ccc(-n3ncc(C(=O)O)c3C(F)(F)F)cc2)C1. The average molecular weight is 383 g/mol. The quantitative estimate of drug-likeness (QED) is 0.877. The number of aromatic nitrogens is 2. The van der Waals surface area contributed by atoms with Crippen molar-refractivity contribution >= 4 is 11.9 Å². The molecule has 2 heterocycles. The lowest BCUT2D eigenvalue weighted by Crippen LogP contribution is -2.29. The Balaban J connectivity index is 1.88. The minimum absolute atomic E-state index is 0.00237. The summed E-state index contributed by atoms with van der Waals surface area (Å²) in [5.41, 5.74) is -2.00. The Kier molecular flexibility index (Phi) is 4.92. The van der Waals surface area contributed by atoms with E-state index in [9.17, 15) is 22.8 Å². The second-order valence-electron chi connectivity index (χ2n) is 6.07. The minimum Gasteiger partial charge on any atom is -0.478 e. The molecule has 0 spiro atoms. The molecule has 3 rings (SSSR count). The molecule has 0 unspecified atom stereocenters. The zero-order valence-electron chi connectivity index (χ0n) is 14.2. The molecule has 27 heavy (non-hydrogen) atoms. The van der Waals surface area contributed by atoms with E-state index < -0.39 is 23.4 Å². The van der Waals surface area contributed by atoms with E-state index in [1.807, 2.05) is 0 Å². The van der Waals surface area contributed by atoms with Gasteiger partial charge in [-0.1, -0.05) is 0 Å². The summed E-state index contributed by atoms with van der Waals surface area (Å²) >= 11 is 0. The molecule has 0 radical (unpaired) electrons. The van der Waals surface area contributed by atoms with Crippen LogP contribution in [0, 0.1) is 0 Å². The van der Waals surface area contributed by atoms with E-state index in [0.29, 0.717) is 29.5 Å². The Hall–Kier alpha value is -2.88. The van der Waals surface area contributed by atoms with Gasteiger partial charge in [0, 0.05) is 25.8 Å². The van der Waals surface area contributed by atoms with Crippen molar-refractivity contribution in [1.82, 2.24) is 14.7 Å². The number of carbonyl (C=O) groups is 2. The number of alkyl halides is 3. The molecule has 0 aliphatic carbocycles. The van der Waals surface area contributed by atoms with Gasteiger partial charge in [-0.15, -0.1) is 0 Å². The Morgan fingerprint density at radius 1 is 1.26 bits per heavy atom. The van der Waals surface area contributed by atoms with Crippen molar-refractivity contribution in [1.29, 1.82) is 0 Å². The number of likely N-dealkylation sites (tertiary alicyclic amines) is 1. The Bertz CT molecular complexity index is 861. The van der Waals surface area contributed by atoms with Crippen molar-refractivity contribution in [3.63, 3.8) is 0 Å². The van der Waals surface area contributed by atoms with Crippen LogP contribution in [0.3, 0.4) is 0 Å². The van der Waals surface area contributed by atoms with Gasteiger partial charge in [0.2, 0.25) is 0 Å². The van der Waals surface area contributed by atoms with Gasteiger partial charge in [-0.05, 0) is 30.7 Å². The molecular weight excluding hydrogens is 367 g/mol. The second kappa shape index (κ2) is 7.03. The Morgan fingerprint density at radius 3 is 2.44 bits per heavy atom. The Labute approximate surface area is 151 Å². The first-order valence-electron chi connectivity index (χ1n) is 8.03. The molecule has 0 saturated carbocycles. The number of rotatable bonds is 4. The van der Waals surface area contributed by atoms with E-state index in [4.69, 9.17) is 9.84 Å². The van der Waals surface area contributed by atoms with Gasteiger partial charge in [-0.3, -0.25) is 4.79 Å². The normalized spacial score (nSPS) is 17.3. The first-order valence-corrected chi connectivity index (χ1v) is 8.03. The number of halogens is 3. The highest BCUT2D eigenvalue weighted by molar-refractivity contribution is 5.94. The monoisotopic (exact) mass is 383 g/mol. The van der Waals surface area contributed by atoms with Gasteiger partial charge in [0.25, 0.3) is 5.91 Å². The molecule has 1 N–H and O–H groups in total. The molecular formula is C17H16F3N3O4. The zero-order chi connectivity index (χ0) is 19.8. The smallest absolute Gasteiger partial charge is 0.434 e. The summed E-state index contributed by atoms with van der Waals surface area (Å²) in [6, 6.07) is 5.37. The molecule has 2 aromatic rings. The molecule has 1 atom stereocenters. The number of carboxylic acids is 1. The summed E-state index contributed by atoms with van der Waals surface area (Å²) < 4.78 is 45.5. The molecule has 0 bridgehead atoms. The predicted molar refractivity (Wildman–Crippen MR) is 86.8 cm³/mol. The predicted octanol–water partition coefficient (Wildman–Crippen LogP) is 2.45. The van der Waals surface area contributed by atoms with E-state index in [1.54, 1.807) is 12.0 Å². The van der Waals surface area contributed by atoms with Crippen molar-refractivity contribution in [3.05, 3.63) is 47.3 Å². The standard InChI is InChI=1S/C17H16F3N3O4/c1-27-12-6-7-22(9-12)15(24)10-2-4-11(5-3-10)23-14(17(18,19)20)13(8-21-23)16(25)26/h2-5,8,12H,6-7,9H2,1H3,(H,25,26)/t12-/m0/s1. The van der Waals surface area contributed by atoms with Crippen LogP contribution in [0.2, 0.25) is 0 Å². The fourth-order valence-electron chi connectivity index (χ4n) is 3.01. The lowest BCUT2D eigenvalue weighted by atomic mass is 10.1. The highest BCUT2D eigenvalue weighted by Crippen LogP contribution is 2.33. The molecule has 1 aromatic carbocycles. The van der Waals surface area contributed by atoms with Gasteiger partial charge in [0.15, 0.2) is 5.69 Å². The van der Waals surface area contributed by atoms with Gasteiger partial charge in [-0.2, -0.15) is 18.3 Å². The van der Waals surface area contributed by atoms with Crippen LogP contribution >= 0.6 is 0 Å². The van der Waals surface area contributed by atoms with Crippen molar-refractivity contribution in [3.8, 4) is 5.69 Å². The average Bonchev–Trinajstić information content (AvgIpc) is 3.28. The third kappa shape index (κ3) is 3.65. The Morgan fingerprint density at radius 2 is 1.93 bits per heavy atom. The summed E-state index contributed by atoms with van der Waals surface area (Å²) in [5.74, 6) is -1.97. The highest BCUT2D eigenvalue weighted by atomic mass is 19.4. The molecule has 10 heteroatoms. The highest BCUT2D eigenvalue weighted by Gasteiger charge is 2.40. The van der Waals surface area contributed by atoms with E-state index in [1.165, 1.54) is 24.3 Å². The summed E-state index contributed by atoms with van der Waals surface area (Å²) in [6.45, 7) is 0.995. The number of ether oxygens (including phenoxy) is 1. The first-order chi connectivity index (χ1) is 12.7. The van der Waals surface area contributed by atoms with E-state index in [0.717, 1.165) is 6.42 Å². The lowest BCUT2D eigenvalue weighted by molar-refractivity contribution is -0.143. The number of aromatic carboxylic acids is 1. The fourth-order valence-corrected chi connectivity index (χ4v) is 3.01. The van der Waals surface area contributed by atoms with Crippen molar-refractivity contribution < 1.29 is 32.6 Å². The summed E-state index contributed by atoms with van der Waals surface area (Å²) in [5, 5.41) is 12.5. The number of nitrogens with zero attached hydrogens (tertiary/aromatic N) is 3. The third-order valence-corrected chi connectivity index (χ3v) is 4.39. The number of benzene rings is 1. The molecule has 144 valence electrons. The number of hydrogen-bond acceptors (Lipinski definition) is 4. The molecule has 1 aromatic heterocycles. The molecule has 1 aliphatic rings. The molecule has 1 fully saturated rings. The fraction of sp³-hybridized carbons (Fsp3) is 0.353. The first kappa shape index (κ1) is 18.9. The number of carbonyl (C=O) groups excluding carboxylic acids is 1. The van der Waals surface area contributed by atoms with Crippen LogP contribution in [0.15, 0.2) is 30.5 Å². The van der Waals surface area contributed by atoms with Gasteiger partial charge >= 0.3 is 12.1 Å². The number of carboxylic acid groups (broad SMARTS) is 1. The van der Waals surface area contributed by atoms with Gasteiger partial charge in [0.1, 0.15) is 5.56 Å². The molecule has 7 nitrogen and oxygen atoms in total. The maximum Gasteiger partial charge on any atom is 0.434 e. The lowest BCUT2D eigenvalue weighted by Gasteiger charge is -2.16. The van der Waals surface area contributed by atoms with Crippen LogP contribution in [0.4, 0.5) is 13.2 Å². The molecule has 1 amide bonds. The summed E-state index contributed by atoms with van der Waals surface area (Å²) in [6.07, 6.45) is -3.55. The maximum absolute atomic E-state index is 13.3. The molecule has 1 aliphatic heterocycles. The van der Waals surface area contributed by atoms with Crippen molar-refractivity contribution in [2.45, 2.75) is 18.7 Å².